The molecule has 1 aromatic carbocycles. The highest BCUT2D eigenvalue weighted by Crippen LogP contribution is 2.31. The molecule has 5 nitrogen and oxygen atoms in total. The van der Waals surface area contributed by atoms with Crippen LogP contribution in [0, 0.1) is 17.7 Å². The van der Waals surface area contributed by atoms with Crippen molar-refractivity contribution in [2.24, 2.45) is 11.8 Å². The first kappa shape index (κ1) is 15.2. The number of benzene rings is 1. The Kier molecular flexibility index (Phi) is 4.62. The Bertz CT molecular complexity index is 577. The lowest BCUT2D eigenvalue weighted by molar-refractivity contribution is 0.195. The number of nitrogen functional groups attached to an aromatic ring is 1. The summed E-state index contributed by atoms with van der Waals surface area (Å²) in [5.74, 6) is -0.636. The minimum atomic E-state index is -3.89. The van der Waals surface area contributed by atoms with Crippen LogP contribution in [0.15, 0.2) is 23.1 Å². The Hall–Kier alpha value is -1.18. The normalized spacial score (nSPS) is 23.1. The Morgan fingerprint density at radius 3 is 2.70 bits per heavy atom. The molecule has 0 heterocycles. The lowest BCUT2D eigenvalue weighted by Crippen LogP contribution is -2.32. The van der Waals surface area contributed by atoms with E-state index in [1.54, 1.807) is 0 Å². The fourth-order valence-electron chi connectivity index (χ4n) is 2.65. The molecule has 0 saturated heterocycles. The standard InChI is InChI=1S/C13H19FN2O3S/c14-12-6-11(15)4-5-13(12)20(18,19)16-7-9-2-1-3-10(9)8-17/h4-6,9-10,16-17H,1-3,7-8,15H2. The maximum atomic E-state index is 13.7. The smallest absolute Gasteiger partial charge is 0.243 e. The second kappa shape index (κ2) is 6.07. The van der Waals surface area contributed by atoms with Gasteiger partial charge in [0.25, 0.3) is 0 Å². The molecular weight excluding hydrogens is 283 g/mol. The third-order valence-corrected chi connectivity index (χ3v) is 5.29. The molecule has 2 unspecified atom stereocenters. The number of aliphatic hydroxyl groups excluding tert-OH is 1. The van der Waals surface area contributed by atoms with Gasteiger partial charge in [-0.2, -0.15) is 0 Å². The molecule has 1 aliphatic rings. The van der Waals surface area contributed by atoms with Crippen molar-refractivity contribution in [3.8, 4) is 0 Å². The number of nitrogens with one attached hydrogen (secondary N) is 1. The molecule has 2 atom stereocenters. The number of aliphatic hydroxyl groups is 1. The molecule has 1 saturated carbocycles. The average Bonchev–Trinajstić information content (AvgIpc) is 2.83. The number of nitrogens with two attached hydrogens (primary N) is 1. The molecule has 0 amide bonds. The second-order valence-corrected chi connectivity index (χ2v) is 6.91. The van der Waals surface area contributed by atoms with Crippen LogP contribution in [0.25, 0.3) is 0 Å². The first-order valence-corrected chi connectivity index (χ1v) is 8.08. The Morgan fingerprint density at radius 2 is 2.05 bits per heavy atom. The molecule has 0 aliphatic heterocycles. The van der Waals surface area contributed by atoms with Crippen LogP contribution in [-0.4, -0.2) is 26.7 Å². The van der Waals surface area contributed by atoms with E-state index in [1.165, 1.54) is 6.07 Å². The molecule has 1 fully saturated rings. The number of halogens is 1. The molecule has 0 spiro atoms. The maximum absolute atomic E-state index is 13.7. The zero-order valence-corrected chi connectivity index (χ0v) is 11.9. The Labute approximate surface area is 118 Å². The summed E-state index contributed by atoms with van der Waals surface area (Å²) in [6.07, 6.45) is 2.75. The number of rotatable bonds is 5. The van der Waals surface area contributed by atoms with E-state index in [2.05, 4.69) is 4.72 Å². The van der Waals surface area contributed by atoms with E-state index in [4.69, 9.17) is 5.73 Å². The SMILES string of the molecule is Nc1ccc(S(=O)(=O)NCC2CCCC2CO)c(F)c1. The van der Waals surface area contributed by atoms with Crippen molar-refractivity contribution in [1.29, 1.82) is 0 Å². The molecule has 112 valence electrons. The third-order valence-electron chi connectivity index (χ3n) is 3.83. The van der Waals surface area contributed by atoms with Crippen molar-refractivity contribution in [3.63, 3.8) is 0 Å². The Morgan fingerprint density at radius 1 is 1.35 bits per heavy atom. The van der Waals surface area contributed by atoms with E-state index in [0.29, 0.717) is 0 Å². The average molecular weight is 302 g/mol. The monoisotopic (exact) mass is 302 g/mol. The van der Waals surface area contributed by atoms with Crippen molar-refractivity contribution in [2.45, 2.75) is 24.2 Å². The van der Waals surface area contributed by atoms with Crippen LogP contribution in [0.2, 0.25) is 0 Å². The van der Waals surface area contributed by atoms with Crippen LogP contribution < -0.4 is 10.5 Å². The lowest BCUT2D eigenvalue weighted by Gasteiger charge is -2.18. The first-order valence-electron chi connectivity index (χ1n) is 6.59. The molecule has 0 radical (unpaired) electrons. The van der Waals surface area contributed by atoms with E-state index in [9.17, 15) is 17.9 Å². The van der Waals surface area contributed by atoms with Crippen molar-refractivity contribution >= 4 is 15.7 Å². The van der Waals surface area contributed by atoms with Gasteiger partial charge in [-0.3, -0.25) is 0 Å². The number of sulfonamides is 1. The summed E-state index contributed by atoms with van der Waals surface area (Å²) in [4.78, 5) is -0.398. The summed E-state index contributed by atoms with van der Waals surface area (Å²) in [5, 5.41) is 9.21. The van der Waals surface area contributed by atoms with Gasteiger partial charge in [0.1, 0.15) is 10.7 Å². The van der Waals surface area contributed by atoms with Crippen LogP contribution in [-0.2, 0) is 10.0 Å². The zero-order valence-electron chi connectivity index (χ0n) is 11.0. The van der Waals surface area contributed by atoms with Crippen molar-refractivity contribution in [3.05, 3.63) is 24.0 Å². The largest absolute Gasteiger partial charge is 0.399 e. The molecule has 1 aromatic rings. The zero-order chi connectivity index (χ0) is 14.8. The van der Waals surface area contributed by atoms with Gasteiger partial charge in [0.15, 0.2) is 0 Å². The van der Waals surface area contributed by atoms with Gasteiger partial charge < -0.3 is 10.8 Å². The molecule has 4 N–H and O–H groups in total. The van der Waals surface area contributed by atoms with Crippen molar-refractivity contribution in [1.82, 2.24) is 4.72 Å². The fourth-order valence-corrected chi connectivity index (χ4v) is 3.80. The van der Waals surface area contributed by atoms with Gasteiger partial charge in [0, 0.05) is 18.8 Å². The lowest BCUT2D eigenvalue weighted by atomic mass is 9.97. The predicted molar refractivity (Wildman–Crippen MR) is 73.9 cm³/mol. The van der Waals surface area contributed by atoms with Gasteiger partial charge in [-0.05, 0) is 42.9 Å². The summed E-state index contributed by atoms with van der Waals surface area (Å²) in [5.41, 5.74) is 5.58. The summed E-state index contributed by atoms with van der Waals surface area (Å²) in [6, 6.07) is 3.50. The van der Waals surface area contributed by atoms with Gasteiger partial charge in [0.2, 0.25) is 10.0 Å². The molecule has 1 aliphatic carbocycles. The second-order valence-electron chi connectivity index (χ2n) is 5.18. The maximum Gasteiger partial charge on any atom is 0.243 e. The minimum absolute atomic E-state index is 0.0582. The molecule has 20 heavy (non-hydrogen) atoms. The van der Waals surface area contributed by atoms with Crippen LogP contribution in [0.4, 0.5) is 10.1 Å². The van der Waals surface area contributed by atoms with Gasteiger partial charge in [-0.25, -0.2) is 17.5 Å². The van der Waals surface area contributed by atoms with Crippen LogP contribution in [0.1, 0.15) is 19.3 Å². The van der Waals surface area contributed by atoms with Crippen LogP contribution >= 0.6 is 0 Å². The van der Waals surface area contributed by atoms with E-state index in [0.717, 1.165) is 31.4 Å². The molecular formula is C13H19FN2O3S. The summed E-state index contributed by atoms with van der Waals surface area (Å²) in [7, 11) is -3.89. The van der Waals surface area contributed by atoms with E-state index in [1.807, 2.05) is 0 Å². The van der Waals surface area contributed by atoms with Crippen molar-refractivity contribution < 1.29 is 17.9 Å². The van der Waals surface area contributed by atoms with E-state index < -0.39 is 20.7 Å². The minimum Gasteiger partial charge on any atom is -0.399 e. The van der Waals surface area contributed by atoms with Crippen LogP contribution in [0.5, 0.6) is 0 Å². The van der Waals surface area contributed by atoms with Crippen LogP contribution in [0.3, 0.4) is 0 Å². The fraction of sp³-hybridized carbons (Fsp3) is 0.538. The topological polar surface area (TPSA) is 92.4 Å². The summed E-state index contributed by atoms with van der Waals surface area (Å²) >= 11 is 0. The number of hydrogen-bond acceptors (Lipinski definition) is 4. The molecule has 0 bridgehead atoms. The van der Waals surface area contributed by atoms with E-state index in [-0.39, 0.29) is 30.7 Å². The van der Waals surface area contributed by atoms with Gasteiger partial charge in [0.05, 0.1) is 0 Å². The quantitative estimate of drug-likeness (QED) is 0.710. The first-order chi connectivity index (χ1) is 9.44. The molecule has 0 aromatic heterocycles. The number of hydrogen-bond donors (Lipinski definition) is 3. The summed E-state index contributed by atoms with van der Waals surface area (Å²) < 4.78 is 40.2. The predicted octanol–water partition coefficient (Wildman–Crippen LogP) is 1.09. The highest BCUT2D eigenvalue weighted by molar-refractivity contribution is 7.89. The Balaban J connectivity index is 2.07. The number of anilines is 1. The van der Waals surface area contributed by atoms with Gasteiger partial charge in [-0.15, -0.1) is 0 Å². The van der Waals surface area contributed by atoms with Crippen molar-refractivity contribution in [2.75, 3.05) is 18.9 Å². The molecule has 2 rings (SSSR count). The van der Waals surface area contributed by atoms with Gasteiger partial charge in [-0.1, -0.05) is 6.42 Å². The summed E-state index contributed by atoms with van der Waals surface area (Å²) in [6.45, 7) is 0.278. The highest BCUT2D eigenvalue weighted by Gasteiger charge is 2.28. The molecule has 7 heteroatoms. The third kappa shape index (κ3) is 3.28. The van der Waals surface area contributed by atoms with E-state index >= 15 is 0 Å². The van der Waals surface area contributed by atoms with Gasteiger partial charge >= 0.3 is 0 Å². The highest BCUT2D eigenvalue weighted by atomic mass is 32.2.